The Hall–Kier alpha value is -0.650. The molecule has 5 heteroatoms. The predicted octanol–water partition coefficient (Wildman–Crippen LogP) is -0.110. The van der Waals surface area contributed by atoms with E-state index >= 15 is 0 Å². The fourth-order valence-corrected chi connectivity index (χ4v) is 1.60. The molecule has 100 valence electrons. The summed E-state index contributed by atoms with van der Waals surface area (Å²) in [6.45, 7) is 6.38. The van der Waals surface area contributed by atoms with Crippen LogP contribution in [-0.2, 0) is 9.53 Å². The van der Waals surface area contributed by atoms with Gasteiger partial charge in [-0.3, -0.25) is 4.79 Å². The maximum Gasteiger partial charge on any atom is 0.246 e. The van der Waals surface area contributed by atoms with Gasteiger partial charge in [-0.15, -0.1) is 0 Å². The molecular weight excluding hydrogens is 220 g/mol. The summed E-state index contributed by atoms with van der Waals surface area (Å²) in [5, 5.41) is 15.1. The van der Waals surface area contributed by atoms with Crippen LogP contribution in [0.3, 0.4) is 0 Å². The molecule has 1 rings (SSSR count). The number of piperidine rings is 1. The fraction of sp³-hybridized carbons (Fsp3) is 0.917. The number of hydrogen-bond donors (Lipinski definition) is 3. The first-order valence-corrected chi connectivity index (χ1v) is 6.23. The second kappa shape index (κ2) is 6.93. The van der Waals surface area contributed by atoms with Crippen LogP contribution >= 0.6 is 0 Å². The molecule has 5 nitrogen and oxygen atoms in total. The Morgan fingerprint density at radius 1 is 1.47 bits per heavy atom. The van der Waals surface area contributed by atoms with E-state index in [9.17, 15) is 4.79 Å². The van der Waals surface area contributed by atoms with Crippen LogP contribution in [0, 0.1) is 5.41 Å². The molecule has 1 fully saturated rings. The van der Waals surface area contributed by atoms with E-state index in [1.54, 1.807) is 0 Å². The first-order valence-electron chi connectivity index (χ1n) is 6.23. The summed E-state index contributed by atoms with van der Waals surface area (Å²) in [6, 6.07) is 0. The zero-order valence-corrected chi connectivity index (χ0v) is 10.8. The molecule has 1 saturated heterocycles. The number of hydrogen-bond acceptors (Lipinski definition) is 4. The summed E-state index contributed by atoms with van der Waals surface area (Å²) >= 11 is 0. The van der Waals surface area contributed by atoms with Gasteiger partial charge in [0.15, 0.2) is 0 Å². The summed E-state index contributed by atoms with van der Waals surface area (Å²) < 4.78 is 5.53. The van der Waals surface area contributed by atoms with Gasteiger partial charge in [-0.25, -0.2) is 0 Å². The minimum Gasteiger partial charge on any atom is -0.396 e. The van der Waals surface area contributed by atoms with E-state index in [1.165, 1.54) is 0 Å². The Morgan fingerprint density at radius 3 is 2.71 bits per heavy atom. The number of carbonyl (C=O) groups is 1. The van der Waals surface area contributed by atoms with Crippen molar-refractivity contribution in [2.75, 3.05) is 32.8 Å². The van der Waals surface area contributed by atoms with Gasteiger partial charge in [0.2, 0.25) is 5.91 Å². The SMILES string of the molecule is CC(C)(CO)CNC(=O)COC1CCNCC1. The van der Waals surface area contributed by atoms with E-state index in [-0.39, 0.29) is 30.6 Å². The third kappa shape index (κ3) is 6.00. The molecule has 1 amide bonds. The summed E-state index contributed by atoms with van der Waals surface area (Å²) in [5.74, 6) is -0.106. The van der Waals surface area contributed by atoms with Gasteiger partial charge in [0.05, 0.1) is 6.10 Å². The predicted molar refractivity (Wildman–Crippen MR) is 65.7 cm³/mol. The maximum absolute atomic E-state index is 11.5. The molecule has 0 aromatic carbocycles. The van der Waals surface area contributed by atoms with Crippen molar-refractivity contribution in [1.82, 2.24) is 10.6 Å². The maximum atomic E-state index is 11.5. The number of aliphatic hydroxyl groups excluding tert-OH is 1. The highest BCUT2D eigenvalue weighted by Gasteiger charge is 2.18. The topological polar surface area (TPSA) is 70.6 Å². The lowest BCUT2D eigenvalue weighted by molar-refractivity contribution is -0.128. The lowest BCUT2D eigenvalue weighted by Crippen LogP contribution is -2.39. The van der Waals surface area contributed by atoms with Gasteiger partial charge in [-0.1, -0.05) is 13.8 Å². The molecule has 0 unspecified atom stereocenters. The lowest BCUT2D eigenvalue weighted by Gasteiger charge is -2.24. The van der Waals surface area contributed by atoms with Crippen LogP contribution in [0.25, 0.3) is 0 Å². The minimum absolute atomic E-state index is 0.0580. The molecule has 0 atom stereocenters. The van der Waals surface area contributed by atoms with Crippen LogP contribution in [0.4, 0.5) is 0 Å². The summed E-state index contributed by atoms with van der Waals surface area (Å²) in [5.41, 5.74) is -0.273. The van der Waals surface area contributed by atoms with Gasteiger partial charge in [0.1, 0.15) is 6.61 Å². The molecular formula is C12H24N2O3. The molecule has 1 heterocycles. The van der Waals surface area contributed by atoms with E-state index in [0.717, 1.165) is 25.9 Å². The summed E-state index contributed by atoms with van der Waals surface area (Å²) in [4.78, 5) is 11.5. The highest BCUT2D eigenvalue weighted by Crippen LogP contribution is 2.11. The van der Waals surface area contributed by atoms with E-state index in [4.69, 9.17) is 9.84 Å². The van der Waals surface area contributed by atoms with Gasteiger partial charge in [-0.2, -0.15) is 0 Å². The van der Waals surface area contributed by atoms with Crippen LogP contribution in [0.2, 0.25) is 0 Å². The average molecular weight is 244 g/mol. The van der Waals surface area contributed by atoms with E-state index in [1.807, 2.05) is 13.8 Å². The number of aliphatic hydroxyl groups is 1. The average Bonchev–Trinajstić information content (AvgIpc) is 2.35. The Balaban J connectivity index is 2.12. The molecule has 1 aliphatic heterocycles. The Labute approximate surface area is 103 Å². The first-order chi connectivity index (χ1) is 8.03. The molecule has 0 aromatic rings. The van der Waals surface area contributed by atoms with Crippen molar-refractivity contribution >= 4 is 5.91 Å². The molecule has 17 heavy (non-hydrogen) atoms. The molecule has 1 aliphatic rings. The van der Waals surface area contributed by atoms with Crippen molar-refractivity contribution < 1.29 is 14.6 Å². The molecule has 3 N–H and O–H groups in total. The van der Waals surface area contributed by atoms with Crippen molar-refractivity contribution in [3.63, 3.8) is 0 Å². The van der Waals surface area contributed by atoms with Gasteiger partial charge in [0, 0.05) is 18.6 Å². The summed E-state index contributed by atoms with van der Waals surface area (Å²) in [6.07, 6.45) is 2.14. The fourth-order valence-electron chi connectivity index (χ4n) is 1.60. The van der Waals surface area contributed by atoms with E-state index in [2.05, 4.69) is 10.6 Å². The highest BCUT2D eigenvalue weighted by molar-refractivity contribution is 5.77. The van der Waals surface area contributed by atoms with E-state index < -0.39 is 0 Å². The molecule has 0 aliphatic carbocycles. The number of rotatable bonds is 6. The highest BCUT2D eigenvalue weighted by atomic mass is 16.5. The van der Waals surface area contributed by atoms with Crippen molar-refractivity contribution in [3.05, 3.63) is 0 Å². The molecule has 0 spiro atoms. The summed E-state index contributed by atoms with van der Waals surface area (Å²) in [7, 11) is 0. The van der Waals surface area contributed by atoms with Crippen molar-refractivity contribution in [2.45, 2.75) is 32.8 Å². The first kappa shape index (κ1) is 14.4. The normalized spacial score (nSPS) is 18.1. The monoisotopic (exact) mass is 244 g/mol. The van der Waals surface area contributed by atoms with E-state index in [0.29, 0.717) is 6.54 Å². The second-order valence-electron chi connectivity index (χ2n) is 5.36. The number of nitrogens with one attached hydrogen (secondary N) is 2. The molecule has 0 aromatic heterocycles. The zero-order valence-electron chi connectivity index (χ0n) is 10.8. The number of ether oxygens (including phenoxy) is 1. The zero-order chi connectivity index (χ0) is 12.7. The molecule has 0 radical (unpaired) electrons. The Bertz CT molecular complexity index is 238. The van der Waals surface area contributed by atoms with Crippen LogP contribution in [0.15, 0.2) is 0 Å². The van der Waals surface area contributed by atoms with Crippen molar-refractivity contribution in [1.29, 1.82) is 0 Å². The third-order valence-corrected chi connectivity index (χ3v) is 2.93. The van der Waals surface area contributed by atoms with Crippen LogP contribution in [-0.4, -0.2) is 50.0 Å². The Kier molecular flexibility index (Phi) is 5.88. The van der Waals surface area contributed by atoms with Gasteiger partial charge < -0.3 is 20.5 Å². The third-order valence-electron chi connectivity index (χ3n) is 2.93. The standard InChI is InChI=1S/C12H24N2O3/c1-12(2,9-15)8-14-11(16)7-17-10-3-5-13-6-4-10/h10,13,15H,3-9H2,1-2H3,(H,14,16). The second-order valence-corrected chi connectivity index (χ2v) is 5.36. The molecule has 0 bridgehead atoms. The largest absolute Gasteiger partial charge is 0.396 e. The van der Waals surface area contributed by atoms with Crippen molar-refractivity contribution in [2.24, 2.45) is 5.41 Å². The quantitative estimate of drug-likeness (QED) is 0.610. The smallest absolute Gasteiger partial charge is 0.246 e. The lowest BCUT2D eigenvalue weighted by atomic mass is 9.95. The van der Waals surface area contributed by atoms with Crippen LogP contribution in [0.1, 0.15) is 26.7 Å². The van der Waals surface area contributed by atoms with Gasteiger partial charge in [0.25, 0.3) is 0 Å². The molecule has 0 saturated carbocycles. The number of carbonyl (C=O) groups excluding carboxylic acids is 1. The van der Waals surface area contributed by atoms with Crippen molar-refractivity contribution in [3.8, 4) is 0 Å². The van der Waals surface area contributed by atoms with Crippen LogP contribution in [0.5, 0.6) is 0 Å². The number of amides is 1. The van der Waals surface area contributed by atoms with Gasteiger partial charge in [-0.05, 0) is 25.9 Å². The van der Waals surface area contributed by atoms with Gasteiger partial charge >= 0.3 is 0 Å². The van der Waals surface area contributed by atoms with Crippen LogP contribution < -0.4 is 10.6 Å². The Morgan fingerprint density at radius 2 is 2.12 bits per heavy atom. The minimum atomic E-state index is -0.273.